The number of hydrogen-bond acceptors (Lipinski definition) is 3. The molecule has 1 amide bonds. The van der Waals surface area contributed by atoms with Crippen LogP contribution in [0.5, 0.6) is 5.75 Å². The number of amides is 1. The highest BCUT2D eigenvalue weighted by atomic mass is 19.1. The molecule has 1 aromatic heterocycles. The average Bonchev–Trinajstić information content (AvgIpc) is 2.55. The normalized spacial score (nSPS) is 10.5. The highest BCUT2D eigenvalue weighted by Crippen LogP contribution is 2.24. The molecular formula is C17H13FN2O2. The summed E-state index contributed by atoms with van der Waals surface area (Å²) in [6, 6.07) is 12.9. The van der Waals surface area contributed by atoms with Gasteiger partial charge in [-0.2, -0.15) is 0 Å². The number of anilines is 1. The van der Waals surface area contributed by atoms with Crippen LogP contribution < -0.4 is 10.1 Å². The number of ether oxygens (including phenoxy) is 1. The second-order valence-electron chi connectivity index (χ2n) is 4.67. The minimum absolute atomic E-state index is 0.142. The van der Waals surface area contributed by atoms with E-state index in [4.69, 9.17) is 4.74 Å². The number of aromatic nitrogens is 1. The summed E-state index contributed by atoms with van der Waals surface area (Å²) in [6.45, 7) is 0. The van der Waals surface area contributed by atoms with E-state index in [-0.39, 0.29) is 5.56 Å². The molecule has 0 radical (unpaired) electrons. The first-order valence-electron chi connectivity index (χ1n) is 6.67. The van der Waals surface area contributed by atoms with Crippen molar-refractivity contribution in [1.29, 1.82) is 0 Å². The van der Waals surface area contributed by atoms with Gasteiger partial charge in [0, 0.05) is 11.6 Å². The monoisotopic (exact) mass is 296 g/mol. The van der Waals surface area contributed by atoms with Crippen molar-refractivity contribution in [2.75, 3.05) is 12.4 Å². The quantitative estimate of drug-likeness (QED) is 0.803. The first-order valence-corrected chi connectivity index (χ1v) is 6.67. The molecule has 0 aliphatic rings. The SMILES string of the molecule is COc1ccc(F)cc1C(=O)Nc1cccc2ncccc12. The van der Waals surface area contributed by atoms with Crippen LogP contribution in [0.25, 0.3) is 10.9 Å². The molecule has 1 N–H and O–H groups in total. The van der Waals surface area contributed by atoms with Gasteiger partial charge in [0.2, 0.25) is 0 Å². The van der Waals surface area contributed by atoms with Gasteiger partial charge in [-0.1, -0.05) is 6.07 Å². The second kappa shape index (κ2) is 5.81. The lowest BCUT2D eigenvalue weighted by molar-refractivity contribution is 0.102. The Bertz CT molecular complexity index is 844. The van der Waals surface area contributed by atoms with E-state index in [0.29, 0.717) is 11.4 Å². The highest BCUT2D eigenvalue weighted by molar-refractivity contribution is 6.10. The van der Waals surface area contributed by atoms with Crippen molar-refractivity contribution in [3.05, 3.63) is 66.1 Å². The van der Waals surface area contributed by atoms with E-state index >= 15 is 0 Å². The summed E-state index contributed by atoms with van der Waals surface area (Å²) in [4.78, 5) is 16.6. The summed E-state index contributed by atoms with van der Waals surface area (Å²) in [5, 5.41) is 3.59. The molecule has 0 fully saturated rings. The molecule has 110 valence electrons. The van der Waals surface area contributed by atoms with Crippen LogP contribution in [-0.2, 0) is 0 Å². The van der Waals surface area contributed by atoms with Crippen LogP contribution in [-0.4, -0.2) is 18.0 Å². The highest BCUT2D eigenvalue weighted by Gasteiger charge is 2.14. The Labute approximate surface area is 126 Å². The van der Waals surface area contributed by atoms with E-state index < -0.39 is 11.7 Å². The fraction of sp³-hybridized carbons (Fsp3) is 0.0588. The Kier molecular flexibility index (Phi) is 3.70. The number of carbonyl (C=O) groups is 1. The van der Waals surface area contributed by atoms with Crippen molar-refractivity contribution in [2.24, 2.45) is 0 Å². The van der Waals surface area contributed by atoms with Gasteiger partial charge in [-0.15, -0.1) is 0 Å². The van der Waals surface area contributed by atoms with Crippen LogP contribution in [0.2, 0.25) is 0 Å². The number of hydrogen-bond donors (Lipinski definition) is 1. The van der Waals surface area contributed by atoms with Crippen molar-refractivity contribution in [3.63, 3.8) is 0 Å². The van der Waals surface area contributed by atoms with E-state index in [2.05, 4.69) is 10.3 Å². The summed E-state index contributed by atoms with van der Waals surface area (Å²) < 4.78 is 18.5. The Morgan fingerprint density at radius 2 is 2.05 bits per heavy atom. The maximum atomic E-state index is 13.4. The number of halogens is 1. The molecule has 0 saturated heterocycles. The molecule has 3 aromatic rings. The molecular weight excluding hydrogens is 283 g/mol. The number of nitrogens with one attached hydrogen (secondary N) is 1. The van der Waals surface area contributed by atoms with Gasteiger partial charge >= 0.3 is 0 Å². The van der Waals surface area contributed by atoms with Crippen LogP contribution in [0.3, 0.4) is 0 Å². The zero-order valence-corrected chi connectivity index (χ0v) is 11.8. The summed E-state index contributed by atoms with van der Waals surface area (Å²) in [5.74, 6) is -0.615. The van der Waals surface area contributed by atoms with Crippen molar-refractivity contribution in [1.82, 2.24) is 4.98 Å². The average molecular weight is 296 g/mol. The predicted octanol–water partition coefficient (Wildman–Crippen LogP) is 3.63. The number of carbonyl (C=O) groups excluding carboxylic acids is 1. The first-order chi connectivity index (χ1) is 10.7. The molecule has 0 bridgehead atoms. The third-order valence-corrected chi connectivity index (χ3v) is 3.30. The van der Waals surface area contributed by atoms with Gasteiger partial charge in [-0.05, 0) is 42.5 Å². The van der Waals surface area contributed by atoms with Crippen molar-refractivity contribution in [3.8, 4) is 5.75 Å². The number of pyridine rings is 1. The smallest absolute Gasteiger partial charge is 0.259 e. The zero-order chi connectivity index (χ0) is 15.5. The fourth-order valence-corrected chi connectivity index (χ4v) is 2.26. The molecule has 5 heteroatoms. The Balaban J connectivity index is 1.99. The Hall–Kier alpha value is -2.95. The molecule has 1 heterocycles. The van der Waals surface area contributed by atoms with E-state index in [9.17, 15) is 9.18 Å². The lowest BCUT2D eigenvalue weighted by Crippen LogP contribution is -2.13. The standard InChI is InChI=1S/C17H13FN2O2/c1-22-16-8-7-11(18)10-13(16)17(21)20-15-6-2-5-14-12(15)4-3-9-19-14/h2-10H,1H3,(H,20,21). The molecule has 0 aliphatic heterocycles. The van der Waals surface area contributed by atoms with Gasteiger partial charge in [0.1, 0.15) is 11.6 Å². The van der Waals surface area contributed by atoms with Crippen molar-refractivity contribution < 1.29 is 13.9 Å². The zero-order valence-electron chi connectivity index (χ0n) is 11.8. The third kappa shape index (κ3) is 2.61. The van der Waals surface area contributed by atoms with Gasteiger partial charge in [0.15, 0.2) is 0 Å². The van der Waals surface area contributed by atoms with Crippen LogP contribution in [0.4, 0.5) is 10.1 Å². The van der Waals surface area contributed by atoms with Gasteiger partial charge in [0.05, 0.1) is 23.9 Å². The number of benzene rings is 2. The molecule has 0 saturated carbocycles. The Morgan fingerprint density at radius 3 is 2.86 bits per heavy atom. The molecule has 2 aromatic carbocycles. The fourth-order valence-electron chi connectivity index (χ4n) is 2.26. The van der Waals surface area contributed by atoms with Gasteiger partial charge in [-0.3, -0.25) is 9.78 Å². The molecule has 0 spiro atoms. The van der Waals surface area contributed by atoms with E-state index in [1.807, 2.05) is 12.1 Å². The van der Waals surface area contributed by atoms with Crippen molar-refractivity contribution in [2.45, 2.75) is 0 Å². The number of methoxy groups -OCH3 is 1. The minimum Gasteiger partial charge on any atom is -0.496 e. The topological polar surface area (TPSA) is 51.2 Å². The van der Waals surface area contributed by atoms with E-state index in [1.165, 1.54) is 19.2 Å². The lowest BCUT2D eigenvalue weighted by Gasteiger charge is -2.11. The largest absolute Gasteiger partial charge is 0.496 e. The van der Waals surface area contributed by atoms with Crippen molar-refractivity contribution >= 4 is 22.5 Å². The summed E-state index contributed by atoms with van der Waals surface area (Å²) in [5.41, 5.74) is 1.52. The van der Waals surface area contributed by atoms with E-state index in [0.717, 1.165) is 17.0 Å². The Morgan fingerprint density at radius 1 is 1.18 bits per heavy atom. The number of nitrogens with zero attached hydrogens (tertiary/aromatic N) is 1. The third-order valence-electron chi connectivity index (χ3n) is 3.30. The molecule has 0 unspecified atom stereocenters. The second-order valence-corrected chi connectivity index (χ2v) is 4.67. The van der Waals surface area contributed by atoms with Crippen LogP contribution in [0, 0.1) is 5.82 Å². The van der Waals surface area contributed by atoms with Gasteiger partial charge in [-0.25, -0.2) is 4.39 Å². The van der Waals surface area contributed by atoms with Crippen LogP contribution >= 0.6 is 0 Å². The van der Waals surface area contributed by atoms with Crippen LogP contribution in [0.15, 0.2) is 54.7 Å². The summed E-state index contributed by atoms with van der Waals surface area (Å²) in [6.07, 6.45) is 1.68. The lowest BCUT2D eigenvalue weighted by atomic mass is 10.1. The molecule has 4 nitrogen and oxygen atoms in total. The number of rotatable bonds is 3. The van der Waals surface area contributed by atoms with Gasteiger partial charge in [0.25, 0.3) is 5.91 Å². The maximum absolute atomic E-state index is 13.4. The molecule has 0 aliphatic carbocycles. The number of fused-ring (bicyclic) bond motifs is 1. The molecule has 0 atom stereocenters. The first kappa shape index (κ1) is 14.0. The maximum Gasteiger partial charge on any atom is 0.259 e. The minimum atomic E-state index is -0.495. The van der Waals surface area contributed by atoms with E-state index in [1.54, 1.807) is 24.4 Å². The molecule has 22 heavy (non-hydrogen) atoms. The molecule has 3 rings (SSSR count). The predicted molar refractivity (Wildman–Crippen MR) is 82.6 cm³/mol. The summed E-state index contributed by atoms with van der Waals surface area (Å²) in [7, 11) is 1.44. The van der Waals surface area contributed by atoms with Gasteiger partial charge < -0.3 is 10.1 Å². The summed E-state index contributed by atoms with van der Waals surface area (Å²) >= 11 is 0. The van der Waals surface area contributed by atoms with Crippen LogP contribution in [0.1, 0.15) is 10.4 Å².